The molecule has 27 aliphatic rings. The van der Waals surface area contributed by atoms with Crippen LogP contribution in [0.25, 0.3) is 0 Å². The van der Waals surface area contributed by atoms with Crippen LogP contribution >= 0.6 is 0 Å². The van der Waals surface area contributed by atoms with Gasteiger partial charge in [-0.2, -0.15) is 0 Å². The van der Waals surface area contributed by atoms with Crippen molar-refractivity contribution in [2.24, 2.45) is 211 Å². The van der Waals surface area contributed by atoms with Gasteiger partial charge in [-0.1, -0.05) is 202 Å². The van der Waals surface area contributed by atoms with Crippen LogP contribution in [0.4, 0.5) is 0 Å². The molecular formula is C104H186. The van der Waals surface area contributed by atoms with Gasteiger partial charge in [0, 0.05) is 0 Å². The largest absolute Gasteiger partial charge is 0.0651 e. The Hall–Kier alpha value is 0. The molecule has 0 N–H and O–H groups in total. The molecule has 104 heavy (non-hydrogen) atoms. The summed E-state index contributed by atoms with van der Waals surface area (Å²) in [4.78, 5) is 0. The van der Waals surface area contributed by atoms with Crippen LogP contribution in [-0.4, -0.2) is 0 Å². The molecule has 0 heterocycles. The molecule has 21 atom stereocenters. The van der Waals surface area contributed by atoms with Gasteiger partial charge >= 0.3 is 0 Å². The molecule has 0 aromatic rings. The zero-order valence-corrected chi connectivity index (χ0v) is 74.0. The molecule has 0 amide bonds. The monoisotopic (exact) mass is 1440 g/mol. The number of hydrogen-bond acceptors (Lipinski definition) is 0. The van der Waals surface area contributed by atoms with Gasteiger partial charge in [0.05, 0.1) is 0 Å². The van der Waals surface area contributed by atoms with E-state index in [9.17, 15) is 0 Å². The highest BCUT2D eigenvalue weighted by Gasteiger charge is 2.52. The Labute approximate surface area is 652 Å². The Kier molecular flexibility index (Phi) is 29.1. The van der Waals surface area contributed by atoms with Crippen LogP contribution in [0.15, 0.2) is 0 Å². The molecule has 0 heteroatoms. The van der Waals surface area contributed by atoms with E-state index in [1.54, 1.807) is 128 Å². The molecule has 0 saturated heterocycles. The van der Waals surface area contributed by atoms with Gasteiger partial charge in [-0.15, -0.1) is 0 Å². The Balaban J connectivity index is 0.000000108. The van der Waals surface area contributed by atoms with E-state index >= 15 is 0 Å². The second-order valence-electron chi connectivity index (χ2n) is 47.8. The first-order chi connectivity index (χ1) is 49.5. The third kappa shape index (κ3) is 20.0. The summed E-state index contributed by atoms with van der Waals surface area (Å²) in [5, 5.41) is 0. The fraction of sp³-hybridized carbons (Fsp3) is 1.00. The Morgan fingerprint density at radius 2 is 0.654 bits per heavy atom. The fourth-order valence-corrected chi connectivity index (χ4v) is 32.4. The molecule has 22 bridgehead atoms. The highest BCUT2D eigenvalue weighted by Crippen LogP contribution is 2.63. The summed E-state index contributed by atoms with van der Waals surface area (Å²) < 4.78 is 0. The van der Waals surface area contributed by atoms with E-state index in [0.717, 1.165) is 200 Å². The van der Waals surface area contributed by atoms with Gasteiger partial charge in [0.2, 0.25) is 0 Å². The predicted octanol–water partition coefficient (Wildman–Crippen LogP) is 32.7. The van der Waals surface area contributed by atoms with E-state index in [4.69, 9.17) is 0 Å². The first-order valence-electron chi connectivity index (χ1n) is 49.5. The van der Waals surface area contributed by atoms with Crippen LogP contribution in [0.2, 0.25) is 0 Å². The third-order valence-corrected chi connectivity index (χ3v) is 41.5. The van der Waals surface area contributed by atoms with Crippen LogP contribution in [0, 0.1) is 211 Å². The molecule has 0 aliphatic heterocycles. The van der Waals surface area contributed by atoms with E-state index in [1.807, 2.05) is 0 Å². The molecule has 27 rings (SSSR count). The molecule has 27 aliphatic carbocycles. The molecule has 602 valence electrons. The molecule has 27 fully saturated rings. The summed E-state index contributed by atoms with van der Waals surface area (Å²) in [6.07, 6.45) is 75.2. The smallest absolute Gasteiger partial charge is 0.0297 e. The maximum Gasteiger partial charge on any atom is -0.0297 e. The van der Waals surface area contributed by atoms with Crippen LogP contribution < -0.4 is 0 Å². The van der Waals surface area contributed by atoms with Crippen molar-refractivity contribution < 1.29 is 0 Å². The van der Waals surface area contributed by atoms with Gasteiger partial charge in [0.25, 0.3) is 0 Å². The second kappa shape index (κ2) is 36.2. The van der Waals surface area contributed by atoms with E-state index in [-0.39, 0.29) is 0 Å². The van der Waals surface area contributed by atoms with E-state index in [1.165, 1.54) is 186 Å². The lowest BCUT2D eigenvalue weighted by Crippen LogP contribution is -2.44. The van der Waals surface area contributed by atoms with Crippen molar-refractivity contribution in [2.45, 2.75) is 446 Å². The van der Waals surface area contributed by atoms with E-state index in [0.29, 0.717) is 10.8 Å². The van der Waals surface area contributed by atoms with Crippen molar-refractivity contribution in [3.63, 3.8) is 0 Å². The average molecular weight is 1440 g/mol. The highest BCUT2D eigenvalue weighted by atomic mass is 14.6. The normalized spacial score (nSPS) is 50.7. The molecule has 0 nitrogen and oxygen atoms in total. The van der Waals surface area contributed by atoms with Gasteiger partial charge in [-0.05, 0) is 455 Å². The summed E-state index contributed by atoms with van der Waals surface area (Å²) >= 11 is 0. The first kappa shape index (κ1) is 83.4. The summed E-state index contributed by atoms with van der Waals surface area (Å²) in [5.41, 5.74) is 3.64. The number of fused-ring (bicyclic) bond motifs is 22. The molecule has 0 aromatic heterocycles. The molecule has 0 aromatic carbocycles. The second-order valence-corrected chi connectivity index (χ2v) is 47.8. The molecule has 17 unspecified atom stereocenters. The standard InChI is InChI=1S/C11H18.C11H20.3C10H18.4C9H16.C8H14.C8H16/c1-11-5-8-2-9(6-11)4-10(3-8)7-11;1-8-9-4-6-10(7-5-9)11(8,2)3;1-7-8-4-5-9(6-8)10(7,2)3;1-8-7-9-3-5-10(8,2)6-4-9;1-7-8(2)10-5-3-9(7)4-6-10;1-7-5-8-3-4-9(7,2)6-8;1-6-7(2)9-4-3-8(6)5-9;1-7-6-8-2-4-9(7)5-3-8;1-2-8-5-7-3-4-9(8)6-7;1-6-4-7-2-3-8(6)5-7;1-2-8-6-4-3-5-7-8/h8-10H,2-7H2,1H3;8-10H,4-7H2,1-3H3;7-9H,4-6H2,1-3H3;8-9H,3-7H2,1-2H3;7-10H,3-6H2,1-2H3;7-8H,3-6H2,1-2H3;6-9H,3-5H2,1-2H3;2*7-9H,2-6H2,1H3;6-8H,2-5H2,1H3;8H,2-7H2,1H3/t;;7-,8?,9?;;;7-,8?,9?;6-,7?,8?,9?;;;6-,7?,8?;/m..1..00..0./s1. The summed E-state index contributed by atoms with van der Waals surface area (Å²) in [5.74, 6) is 33.7. The Bertz CT molecular complexity index is 2410. The van der Waals surface area contributed by atoms with Crippen molar-refractivity contribution in [3.05, 3.63) is 0 Å². The van der Waals surface area contributed by atoms with Gasteiger partial charge in [0.1, 0.15) is 0 Å². The fourth-order valence-electron chi connectivity index (χ4n) is 32.4. The average Bonchev–Trinajstić information content (AvgIpc) is 1.49. The third-order valence-electron chi connectivity index (χ3n) is 41.5. The highest BCUT2D eigenvalue weighted by molar-refractivity contribution is 5.03. The number of rotatable bonds is 2. The SMILES string of the molecule is CC12CC3CC(CC(C3)C1)C2.CC1C2CCC(C2)[C@H]1C.CC1C2CCC(CC2)C1(C)C.CC1C2CCC(CC2)C1C.CC1CC2CCC1(C)CC2.CC1CC2CCC1CC2.CCC1CC2CCC1C2.CCC1CCCCC1.C[C@@H]1C2CCC(C2)C1(C)C.C[C@H]1CC2CCC1(C)C2.C[C@H]1CC2CCC1C2. The van der Waals surface area contributed by atoms with Crippen LogP contribution in [0.3, 0.4) is 0 Å². The van der Waals surface area contributed by atoms with Crippen LogP contribution in [0.5, 0.6) is 0 Å². The summed E-state index contributed by atoms with van der Waals surface area (Å²) in [6, 6.07) is 0. The zero-order chi connectivity index (χ0) is 74.0. The Morgan fingerprint density at radius 3 is 0.913 bits per heavy atom. The summed E-state index contributed by atoms with van der Waals surface area (Å²) in [7, 11) is 0. The molecular weight excluding hydrogens is 1250 g/mol. The van der Waals surface area contributed by atoms with Crippen molar-refractivity contribution in [2.75, 3.05) is 0 Å². The molecule has 0 spiro atoms. The van der Waals surface area contributed by atoms with Gasteiger partial charge in [0.15, 0.2) is 0 Å². The van der Waals surface area contributed by atoms with Crippen molar-refractivity contribution in [1.82, 2.24) is 0 Å². The minimum Gasteiger partial charge on any atom is -0.0651 e. The topological polar surface area (TPSA) is 0 Å². The lowest BCUT2D eigenvalue weighted by atomic mass is 9.50. The van der Waals surface area contributed by atoms with Gasteiger partial charge < -0.3 is 0 Å². The lowest BCUT2D eigenvalue weighted by molar-refractivity contribution is -0.0411. The van der Waals surface area contributed by atoms with Crippen LogP contribution in [0.1, 0.15) is 446 Å². The zero-order valence-electron chi connectivity index (χ0n) is 74.0. The molecule has 0 radical (unpaired) electrons. The van der Waals surface area contributed by atoms with Gasteiger partial charge in [-0.25, -0.2) is 0 Å². The molecule has 27 saturated carbocycles. The van der Waals surface area contributed by atoms with E-state index in [2.05, 4.69) is 132 Å². The van der Waals surface area contributed by atoms with Crippen molar-refractivity contribution in [1.29, 1.82) is 0 Å². The van der Waals surface area contributed by atoms with E-state index < -0.39 is 0 Å². The first-order valence-corrected chi connectivity index (χ1v) is 49.5. The van der Waals surface area contributed by atoms with Gasteiger partial charge in [-0.3, -0.25) is 0 Å². The Morgan fingerprint density at radius 1 is 0.250 bits per heavy atom. The van der Waals surface area contributed by atoms with Crippen molar-refractivity contribution in [3.8, 4) is 0 Å². The predicted molar refractivity (Wildman–Crippen MR) is 454 cm³/mol. The number of hydrogen-bond donors (Lipinski definition) is 0. The van der Waals surface area contributed by atoms with Crippen molar-refractivity contribution >= 4 is 0 Å². The minimum atomic E-state index is 0.654. The lowest BCUT2D eigenvalue weighted by Gasteiger charge is -2.55. The minimum absolute atomic E-state index is 0.654. The maximum absolute atomic E-state index is 2.54. The van der Waals surface area contributed by atoms with Crippen LogP contribution in [-0.2, 0) is 0 Å². The maximum atomic E-state index is 2.54. The quantitative estimate of drug-likeness (QED) is 0.259. The summed E-state index contributed by atoms with van der Waals surface area (Å²) in [6.45, 7) is 46.5.